The normalized spacial score (nSPS) is 11.3. The summed E-state index contributed by atoms with van der Waals surface area (Å²) in [6, 6.07) is 88.0. The summed E-state index contributed by atoms with van der Waals surface area (Å²) in [5.74, 6) is 0. The van der Waals surface area contributed by atoms with Gasteiger partial charge in [0.05, 0.1) is 28.1 Å². The van der Waals surface area contributed by atoms with E-state index in [9.17, 15) is 0 Å². The van der Waals surface area contributed by atoms with Gasteiger partial charge in [0.25, 0.3) is 0 Å². The van der Waals surface area contributed by atoms with E-state index in [4.69, 9.17) is 0 Å². The Morgan fingerprint density at radius 3 is 1.58 bits per heavy atom. The minimum absolute atomic E-state index is 1.10. The van der Waals surface area contributed by atoms with E-state index in [1.807, 2.05) is 0 Å². The summed E-state index contributed by atoms with van der Waals surface area (Å²) in [7, 11) is 0. The van der Waals surface area contributed by atoms with Gasteiger partial charge in [0.2, 0.25) is 0 Å². The standard InChI is InChI=1S/C58H40N2/c1-4-18-41(19-5-1)42-34-36-45(37-35-42)50-27-12-14-30-53(50)60(57-33-17-32-56-58(57)51-28-13-15-31-54(51)59(56)47-24-8-3-9-25-47)55-39-38-46(40-52(55)44-20-6-2-7-21-44)49-29-16-23-43-22-10-11-26-48(43)49/h1-40H. The Morgan fingerprint density at radius 2 is 0.783 bits per heavy atom. The first-order chi connectivity index (χ1) is 29.8. The predicted octanol–water partition coefficient (Wildman–Crippen LogP) is 16.1. The van der Waals surface area contributed by atoms with Crippen molar-refractivity contribution in [1.29, 1.82) is 0 Å². The largest absolute Gasteiger partial charge is 0.309 e. The Balaban J connectivity index is 1.21. The number of hydrogen-bond donors (Lipinski definition) is 0. The van der Waals surface area contributed by atoms with Crippen LogP contribution in [0.3, 0.4) is 0 Å². The van der Waals surface area contributed by atoms with Gasteiger partial charge < -0.3 is 9.47 Å². The van der Waals surface area contributed by atoms with Crippen molar-refractivity contribution >= 4 is 49.6 Å². The Labute approximate surface area is 350 Å². The van der Waals surface area contributed by atoms with Crippen LogP contribution in [-0.2, 0) is 0 Å². The molecule has 11 rings (SSSR count). The Kier molecular flexibility index (Phi) is 8.87. The van der Waals surface area contributed by atoms with Gasteiger partial charge in [0.1, 0.15) is 0 Å². The third-order valence-corrected chi connectivity index (χ3v) is 11.8. The molecule has 11 aromatic rings. The average Bonchev–Trinajstić information content (AvgIpc) is 3.68. The SMILES string of the molecule is c1ccc(-c2ccc(-c3ccccc3N(c3ccc(-c4cccc5ccccc45)cc3-c3ccccc3)c3cccc4c3c3ccccc3n4-c3ccccc3)cc2)cc1. The Morgan fingerprint density at radius 1 is 0.283 bits per heavy atom. The monoisotopic (exact) mass is 764 g/mol. The molecule has 10 aromatic carbocycles. The predicted molar refractivity (Wildman–Crippen MR) is 255 cm³/mol. The maximum absolute atomic E-state index is 2.51. The van der Waals surface area contributed by atoms with E-state index < -0.39 is 0 Å². The highest BCUT2D eigenvalue weighted by Crippen LogP contribution is 2.50. The van der Waals surface area contributed by atoms with Gasteiger partial charge in [-0.3, -0.25) is 0 Å². The molecule has 0 radical (unpaired) electrons. The molecule has 0 saturated heterocycles. The van der Waals surface area contributed by atoms with E-state index in [0.717, 1.165) is 50.5 Å². The van der Waals surface area contributed by atoms with Crippen molar-refractivity contribution < 1.29 is 0 Å². The van der Waals surface area contributed by atoms with Gasteiger partial charge in [0, 0.05) is 27.6 Å². The third-order valence-electron chi connectivity index (χ3n) is 11.8. The first-order valence-electron chi connectivity index (χ1n) is 20.6. The van der Waals surface area contributed by atoms with Crippen molar-refractivity contribution in [1.82, 2.24) is 4.57 Å². The van der Waals surface area contributed by atoms with Crippen LogP contribution in [0.25, 0.3) is 82.8 Å². The zero-order valence-electron chi connectivity index (χ0n) is 33.0. The van der Waals surface area contributed by atoms with Crippen molar-refractivity contribution in [3.05, 3.63) is 243 Å². The van der Waals surface area contributed by atoms with Gasteiger partial charge in [0.15, 0.2) is 0 Å². The molecule has 282 valence electrons. The first kappa shape index (κ1) is 35.2. The van der Waals surface area contributed by atoms with Crippen molar-refractivity contribution in [3.8, 4) is 50.2 Å². The zero-order chi connectivity index (χ0) is 39.8. The lowest BCUT2D eigenvalue weighted by Gasteiger charge is -2.31. The molecule has 0 fully saturated rings. The molecule has 0 aliphatic heterocycles. The van der Waals surface area contributed by atoms with Gasteiger partial charge in [-0.05, 0) is 92.7 Å². The molecule has 0 aliphatic rings. The quantitative estimate of drug-likeness (QED) is 0.150. The molecule has 2 nitrogen and oxygen atoms in total. The van der Waals surface area contributed by atoms with Gasteiger partial charge in [-0.15, -0.1) is 0 Å². The van der Waals surface area contributed by atoms with Crippen LogP contribution in [0.2, 0.25) is 0 Å². The maximum Gasteiger partial charge on any atom is 0.0562 e. The van der Waals surface area contributed by atoms with Gasteiger partial charge in [-0.25, -0.2) is 0 Å². The molecule has 0 atom stereocenters. The molecular formula is C58H40N2. The fourth-order valence-corrected chi connectivity index (χ4v) is 9.04. The number of hydrogen-bond acceptors (Lipinski definition) is 1. The molecule has 0 bridgehead atoms. The molecule has 1 heterocycles. The first-order valence-corrected chi connectivity index (χ1v) is 20.6. The molecule has 0 unspecified atom stereocenters. The van der Waals surface area contributed by atoms with E-state index in [2.05, 4.69) is 252 Å². The number of rotatable bonds is 8. The zero-order valence-corrected chi connectivity index (χ0v) is 33.0. The highest BCUT2D eigenvalue weighted by molar-refractivity contribution is 6.17. The molecule has 60 heavy (non-hydrogen) atoms. The van der Waals surface area contributed by atoms with Gasteiger partial charge >= 0.3 is 0 Å². The molecular weight excluding hydrogens is 725 g/mol. The summed E-state index contributed by atoms with van der Waals surface area (Å²) < 4.78 is 2.41. The van der Waals surface area contributed by atoms with Crippen molar-refractivity contribution in [2.75, 3.05) is 4.90 Å². The Bertz CT molecular complexity index is 3290. The second kappa shape index (κ2) is 15.1. The number of para-hydroxylation sites is 3. The molecule has 0 N–H and O–H groups in total. The summed E-state index contributed by atoms with van der Waals surface area (Å²) >= 11 is 0. The van der Waals surface area contributed by atoms with E-state index in [-0.39, 0.29) is 0 Å². The van der Waals surface area contributed by atoms with Gasteiger partial charge in [-0.2, -0.15) is 0 Å². The van der Waals surface area contributed by atoms with Crippen LogP contribution >= 0.6 is 0 Å². The van der Waals surface area contributed by atoms with E-state index in [1.54, 1.807) is 0 Å². The topological polar surface area (TPSA) is 8.17 Å². The van der Waals surface area contributed by atoms with Crippen LogP contribution in [-0.4, -0.2) is 4.57 Å². The highest BCUT2D eigenvalue weighted by Gasteiger charge is 2.25. The minimum Gasteiger partial charge on any atom is -0.309 e. The van der Waals surface area contributed by atoms with Crippen LogP contribution < -0.4 is 4.90 Å². The molecule has 0 aliphatic carbocycles. The van der Waals surface area contributed by atoms with Crippen LogP contribution in [0, 0.1) is 0 Å². The van der Waals surface area contributed by atoms with E-state index in [1.165, 1.54) is 49.3 Å². The van der Waals surface area contributed by atoms with E-state index in [0.29, 0.717) is 0 Å². The van der Waals surface area contributed by atoms with Crippen molar-refractivity contribution in [3.63, 3.8) is 0 Å². The second-order valence-electron chi connectivity index (χ2n) is 15.3. The number of benzene rings is 10. The van der Waals surface area contributed by atoms with Crippen molar-refractivity contribution in [2.45, 2.75) is 0 Å². The van der Waals surface area contributed by atoms with Crippen molar-refractivity contribution in [2.24, 2.45) is 0 Å². The average molecular weight is 765 g/mol. The van der Waals surface area contributed by atoms with Crippen LogP contribution in [0.1, 0.15) is 0 Å². The second-order valence-corrected chi connectivity index (χ2v) is 15.3. The number of aromatic nitrogens is 1. The van der Waals surface area contributed by atoms with E-state index >= 15 is 0 Å². The van der Waals surface area contributed by atoms with Crippen LogP contribution in [0.4, 0.5) is 17.1 Å². The maximum atomic E-state index is 2.51. The molecule has 0 spiro atoms. The van der Waals surface area contributed by atoms with Crippen LogP contribution in [0.15, 0.2) is 243 Å². The molecule has 0 amide bonds. The minimum atomic E-state index is 1.10. The fourth-order valence-electron chi connectivity index (χ4n) is 9.04. The molecule has 0 saturated carbocycles. The number of nitrogens with zero attached hydrogens (tertiary/aromatic N) is 2. The summed E-state index contributed by atoms with van der Waals surface area (Å²) in [4.78, 5) is 2.51. The summed E-state index contributed by atoms with van der Waals surface area (Å²) in [5.41, 5.74) is 16.2. The smallest absolute Gasteiger partial charge is 0.0562 e. The fraction of sp³-hybridized carbons (Fsp3) is 0. The lowest BCUT2D eigenvalue weighted by molar-refractivity contribution is 1.18. The number of fused-ring (bicyclic) bond motifs is 4. The molecule has 2 heteroatoms. The Hall–Kier alpha value is -7.94. The third kappa shape index (κ3) is 6.14. The van der Waals surface area contributed by atoms with Crippen LogP contribution in [0.5, 0.6) is 0 Å². The lowest BCUT2D eigenvalue weighted by atomic mass is 9.92. The summed E-state index contributed by atoms with van der Waals surface area (Å²) in [5, 5.41) is 4.88. The number of anilines is 3. The summed E-state index contributed by atoms with van der Waals surface area (Å²) in [6.45, 7) is 0. The lowest BCUT2D eigenvalue weighted by Crippen LogP contribution is -2.13. The van der Waals surface area contributed by atoms with Gasteiger partial charge in [-0.1, -0.05) is 194 Å². The highest BCUT2D eigenvalue weighted by atomic mass is 15.2. The summed E-state index contributed by atoms with van der Waals surface area (Å²) in [6.07, 6.45) is 0. The molecule has 1 aromatic heterocycles.